The number of oxazole rings is 1. The van der Waals surface area contributed by atoms with Gasteiger partial charge in [-0.3, -0.25) is 9.59 Å². The number of hydrogen-bond donors (Lipinski definition) is 2. The van der Waals surface area contributed by atoms with Crippen LogP contribution >= 0.6 is 11.6 Å². The molecule has 178 valence electrons. The van der Waals surface area contributed by atoms with E-state index in [2.05, 4.69) is 34.6 Å². The molecule has 8 heteroatoms. The van der Waals surface area contributed by atoms with Gasteiger partial charge in [0.15, 0.2) is 5.76 Å². The number of rotatable bonds is 8. The van der Waals surface area contributed by atoms with Crippen molar-refractivity contribution in [1.82, 2.24) is 9.88 Å². The minimum atomic E-state index is -0.984. The highest BCUT2D eigenvalue weighted by atomic mass is 35.5. The average Bonchev–Trinajstić information content (AvgIpc) is 3.28. The Kier molecular flexibility index (Phi) is 7.53. The zero-order valence-electron chi connectivity index (χ0n) is 19.0. The molecule has 0 unspecified atom stereocenters. The molecule has 0 spiro atoms. The van der Waals surface area contributed by atoms with Crippen LogP contribution < -0.4 is 5.32 Å². The maximum absolute atomic E-state index is 12.2. The Morgan fingerprint density at radius 3 is 2.56 bits per heavy atom. The van der Waals surface area contributed by atoms with E-state index in [1.165, 1.54) is 10.5 Å². The second-order valence-electron chi connectivity index (χ2n) is 8.85. The van der Waals surface area contributed by atoms with Crippen LogP contribution in [0.2, 0.25) is 5.02 Å². The van der Waals surface area contributed by atoms with Crippen molar-refractivity contribution in [2.75, 3.05) is 18.9 Å². The van der Waals surface area contributed by atoms with Crippen LogP contribution in [0.15, 0.2) is 59.1 Å². The fourth-order valence-corrected chi connectivity index (χ4v) is 4.66. The predicted octanol–water partition coefficient (Wildman–Crippen LogP) is 5.95. The zero-order chi connectivity index (χ0) is 24.1. The van der Waals surface area contributed by atoms with Gasteiger partial charge in [-0.15, -0.1) is 0 Å². The zero-order valence-corrected chi connectivity index (χ0v) is 19.8. The summed E-state index contributed by atoms with van der Waals surface area (Å²) in [5, 5.41) is 12.6. The molecule has 0 saturated heterocycles. The summed E-state index contributed by atoms with van der Waals surface area (Å²) in [4.78, 5) is 28.6. The number of hydrogen-bond acceptors (Lipinski definition) is 5. The van der Waals surface area contributed by atoms with Crippen molar-refractivity contribution >= 4 is 35.2 Å². The fraction of sp³-hybridized carbons (Fsp3) is 0.346. The predicted molar refractivity (Wildman–Crippen MR) is 131 cm³/mol. The van der Waals surface area contributed by atoms with E-state index in [4.69, 9.17) is 21.1 Å². The quantitative estimate of drug-likeness (QED) is 0.413. The molecular weight excluding hydrogens is 454 g/mol. The van der Waals surface area contributed by atoms with E-state index in [0.717, 1.165) is 36.9 Å². The summed E-state index contributed by atoms with van der Waals surface area (Å²) in [6.07, 6.45) is 6.11. The number of nitrogens with one attached hydrogen (secondary N) is 1. The molecule has 0 radical (unpaired) electrons. The number of carboxylic acids is 1. The number of anilines is 2. The molecule has 3 aromatic rings. The molecule has 1 aliphatic carbocycles. The first-order valence-electron chi connectivity index (χ1n) is 11.4. The standard InChI is InChI=1S/C26H28ClN3O4/c1-30(16-25(32)33)24(31)13-17-5-7-18(8-6-17)19-9-11-20(12-10-19)23-15-28-26(34-23)29-22-4-2-3-21(27)14-22/h2-4,9-12,14-15,17-18H,5-8,13,16H2,1H3,(H,28,29)(H,32,33)/t17-,18-. The number of amides is 1. The fourth-order valence-electron chi connectivity index (χ4n) is 4.47. The molecule has 1 amide bonds. The molecule has 7 nitrogen and oxygen atoms in total. The Labute approximate surface area is 203 Å². The van der Waals surface area contributed by atoms with E-state index in [0.29, 0.717) is 35.1 Å². The van der Waals surface area contributed by atoms with Crippen LogP contribution in [0.3, 0.4) is 0 Å². The van der Waals surface area contributed by atoms with Crippen LogP contribution in [-0.4, -0.2) is 40.5 Å². The van der Waals surface area contributed by atoms with Crippen molar-refractivity contribution in [2.24, 2.45) is 5.92 Å². The average molecular weight is 482 g/mol. The monoisotopic (exact) mass is 481 g/mol. The Hall–Kier alpha value is -3.32. The molecule has 34 heavy (non-hydrogen) atoms. The van der Waals surface area contributed by atoms with Crippen molar-refractivity contribution in [3.05, 3.63) is 65.3 Å². The summed E-state index contributed by atoms with van der Waals surface area (Å²) >= 11 is 6.02. The highest BCUT2D eigenvalue weighted by molar-refractivity contribution is 6.30. The highest BCUT2D eigenvalue weighted by Crippen LogP contribution is 2.38. The van der Waals surface area contributed by atoms with Gasteiger partial charge >= 0.3 is 5.97 Å². The van der Waals surface area contributed by atoms with E-state index in [1.807, 2.05) is 18.2 Å². The molecular formula is C26H28ClN3O4. The first-order chi connectivity index (χ1) is 16.4. The van der Waals surface area contributed by atoms with Gasteiger partial charge in [-0.05, 0) is 61.3 Å². The number of aromatic nitrogens is 1. The molecule has 2 N–H and O–H groups in total. The van der Waals surface area contributed by atoms with Gasteiger partial charge in [0.2, 0.25) is 5.91 Å². The maximum atomic E-state index is 12.2. The smallest absolute Gasteiger partial charge is 0.323 e. The second kappa shape index (κ2) is 10.7. The van der Waals surface area contributed by atoms with E-state index < -0.39 is 5.97 Å². The maximum Gasteiger partial charge on any atom is 0.323 e. The third-order valence-electron chi connectivity index (χ3n) is 6.36. The van der Waals surface area contributed by atoms with E-state index >= 15 is 0 Å². The number of carbonyl (C=O) groups excluding carboxylic acids is 1. The SMILES string of the molecule is CN(CC(=O)O)C(=O)C[C@H]1CC[C@H](c2ccc(-c3cnc(Nc4cccc(Cl)c4)o3)cc2)CC1. The van der Waals surface area contributed by atoms with Gasteiger partial charge in [0.05, 0.1) is 6.20 Å². The number of carboxylic acid groups (broad SMARTS) is 1. The highest BCUT2D eigenvalue weighted by Gasteiger charge is 2.25. The number of likely N-dealkylation sites (N-methyl/N-ethyl adjacent to an activating group) is 1. The molecule has 1 heterocycles. The molecule has 1 aliphatic rings. The van der Waals surface area contributed by atoms with Crippen molar-refractivity contribution in [3.63, 3.8) is 0 Å². The van der Waals surface area contributed by atoms with Crippen LogP contribution in [0.1, 0.15) is 43.6 Å². The van der Waals surface area contributed by atoms with E-state index in [9.17, 15) is 9.59 Å². The van der Waals surface area contributed by atoms with Gasteiger partial charge in [0.25, 0.3) is 6.01 Å². The topological polar surface area (TPSA) is 95.7 Å². The summed E-state index contributed by atoms with van der Waals surface area (Å²) in [5.74, 6) is 0.392. The summed E-state index contributed by atoms with van der Waals surface area (Å²) in [6, 6.07) is 16.1. The van der Waals surface area contributed by atoms with Gasteiger partial charge in [0.1, 0.15) is 6.54 Å². The van der Waals surface area contributed by atoms with Gasteiger partial charge < -0.3 is 19.7 Å². The summed E-state index contributed by atoms with van der Waals surface area (Å²) in [7, 11) is 1.55. The van der Waals surface area contributed by atoms with Gasteiger partial charge in [0, 0.05) is 29.7 Å². The Balaban J connectivity index is 1.30. The Bertz CT molecular complexity index is 1140. The molecule has 1 aromatic heterocycles. The van der Waals surface area contributed by atoms with Crippen molar-refractivity contribution < 1.29 is 19.1 Å². The number of halogens is 1. The lowest BCUT2D eigenvalue weighted by atomic mass is 9.77. The molecule has 2 aromatic carbocycles. The minimum absolute atomic E-state index is 0.0912. The lowest BCUT2D eigenvalue weighted by molar-refractivity contribution is -0.143. The lowest BCUT2D eigenvalue weighted by Gasteiger charge is -2.29. The summed E-state index contributed by atoms with van der Waals surface area (Å²) in [6.45, 7) is -0.246. The lowest BCUT2D eigenvalue weighted by Crippen LogP contribution is -2.33. The van der Waals surface area contributed by atoms with E-state index in [-0.39, 0.29) is 12.5 Å². The van der Waals surface area contributed by atoms with Gasteiger partial charge in [-0.25, -0.2) is 4.98 Å². The second-order valence-corrected chi connectivity index (χ2v) is 9.29. The van der Waals surface area contributed by atoms with Crippen molar-refractivity contribution in [1.29, 1.82) is 0 Å². The van der Waals surface area contributed by atoms with Crippen LogP contribution in [0.5, 0.6) is 0 Å². The van der Waals surface area contributed by atoms with Crippen LogP contribution in [-0.2, 0) is 9.59 Å². The molecule has 1 fully saturated rings. The largest absolute Gasteiger partial charge is 0.480 e. The third-order valence-corrected chi connectivity index (χ3v) is 6.59. The molecule has 0 atom stereocenters. The first-order valence-corrected chi connectivity index (χ1v) is 11.8. The Morgan fingerprint density at radius 2 is 1.88 bits per heavy atom. The molecule has 1 saturated carbocycles. The molecule has 4 rings (SSSR count). The molecule has 0 aliphatic heterocycles. The van der Waals surface area contributed by atoms with Crippen LogP contribution in [0, 0.1) is 5.92 Å². The summed E-state index contributed by atoms with van der Waals surface area (Å²) in [5.41, 5.74) is 3.05. The summed E-state index contributed by atoms with van der Waals surface area (Å²) < 4.78 is 5.86. The number of nitrogens with zero attached hydrogens (tertiary/aromatic N) is 2. The van der Waals surface area contributed by atoms with Crippen LogP contribution in [0.4, 0.5) is 11.7 Å². The van der Waals surface area contributed by atoms with E-state index in [1.54, 1.807) is 19.3 Å². The third kappa shape index (κ3) is 6.17. The van der Waals surface area contributed by atoms with Crippen molar-refractivity contribution in [3.8, 4) is 11.3 Å². The minimum Gasteiger partial charge on any atom is -0.480 e. The normalized spacial score (nSPS) is 17.8. The first kappa shape index (κ1) is 23.8. The number of carbonyl (C=O) groups is 2. The number of aliphatic carboxylic acids is 1. The van der Waals surface area contributed by atoms with Gasteiger partial charge in [-0.2, -0.15) is 0 Å². The Morgan fingerprint density at radius 1 is 1.15 bits per heavy atom. The molecule has 0 bridgehead atoms. The number of benzene rings is 2. The van der Waals surface area contributed by atoms with Gasteiger partial charge in [-0.1, -0.05) is 41.9 Å². The van der Waals surface area contributed by atoms with Crippen molar-refractivity contribution in [2.45, 2.75) is 38.0 Å². The van der Waals surface area contributed by atoms with Crippen LogP contribution in [0.25, 0.3) is 11.3 Å².